The lowest BCUT2D eigenvalue weighted by Crippen LogP contribution is -2.23. The number of sulfone groups is 1. The van der Waals surface area contributed by atoms with E-state index < -0.39 is 20.2 Å². The molecule has 0 amide bonds. The lowest BCUT2D eigenvalue weighted by atomic mass is 10.3. The number of nitriles is 1. The molecular formula is C10H7ClF3N3O2S2. The van der Waals surface area contributed by atoms with Gasteiger partial charge in [-0.25, -0.2) is 13.4 Å². The van der Waals surface area contributed by atoms with Crippen LogP contribution in [0.25, 0.3) is 0 Å². The summed E-state index contributed by atoms with van der Waals surface area (Å²) in [6.07, 6.45) is 3.15. The van der Waals surface area contributed by atoms with Gasteiger partial charge in [0.25, 0.3) is 9.84 Å². The summed E-state index contributed by atoms with van der Waals surface area (Å²) in [6, 6.07) is 2.42. The van der Waals surface area contributed by atoms with Crippen LogP contribution in [0.1, 0.15) is 0 Å². The topological polar surface area (TPSA) is 82.3 Å². The average Bonchev–Trinajstić information content (AvgIpc) is 2.39. The van der Waals surface area contributed by atoms with E-state index in [1.165, 1.54) is 0 Å². The van der Waals surface area contributed by atoms with Crippen LogP contribution in [0.3, 0.4) is 0 Å². The summed E-state index contributed by atoms with van der Waals surface area (Å²) in [4.78, 5) is 2.83. The van der Waals surface area contributed by atoms with Gasteiger partial charge in [0.15, 0.2) is 11.4 Å². The van der Waals surface area contributed by atoms with E-state index in [-0.39, 0.29) is 15.9 Å². The first-order chi connectivity index (χ1) is 9.63. The standard InChI is InChI=1S/C10H7ClF3N3O2S2/c1-20-9(16-5-15)17-8-4-6(2-3-7(8)11)21(18,19)10(12,13)14/h2-4H,1H3,(H,16,17). The molecule has 0 bridgehead atoms. The number of alkyl halides is 3. The third-order valence-corrected chi connectivity index (χ3v) is 4.49. The summed E-state index contributed by atoms with van der Waals surface area (Å²) in [6.45, 7) is 0. The maximum atomic E-state index is 12.5. The van der Waals surface area contributed by atoms with E-state index in [0.29, 0.717) is 6.07 Å². The summed E-state index contributed by atoms with van der Waals surface area (Å²) < 4.78 is 60.1. The first-order valence-corrected chi connectivity index (χ1v) is 8.10. The van der Waals surface area contributed by atoms with E-state index in [9.17, 15) is 21.6 Å². The van der Waals surface area contributed by atoms with Gasteiger partial charge in [0, 0.05) is 0 Å². The molecule has 11 heteroatoms. The van der Waals surface area contributed by atoms with Crippen LogP contribution in [0.2, 0.25) is 5.02 Å². The predicted octanol–water partition coefficient (Wildman–Crippen LogP) is 3.05. The van der Waals surface area contributed by atoms with Crippen LogP contribution in [-0.4, -0.2) is 25.3 Å². The Morgan fingerprint density at radius 3 is 2.57 bits per heavy atom. The lowest BCUT2D eigenvalue weighted by molar-refractivity contribution is -0.0435. The Hall–Kier alpha value is -1.44. The van der Waals surface area contributed by atoms with E-state index in [1.807, 2.05) is 0 Å². The Bertz CT molecular complexity index is 711. The highest BCUT2D eigenvalue weighted by molar-refractivity contribution is 8.13. The summed E-state index contributed by atoms with van der Waals surface area (Å²) in [5.41, 5.74) is -5.62. The molecule has 0 spiro atoms. The van der Waals surface area contributed by atoms with Gasteiger partial charge in [-0.15, -0.1) is 0 Å². The molecule has 1 aromatic rings. The van der Waals surface area contributed by atoms with Crippen LogP contribution < -0.4 is 5.32 Å². The number of nitrogens with zero attached hydrogens (tertiary/aromatic N) is 2. The smallest absolute Gasteiger partial charge is 0.271 e. The zero-order valence-electron chi connectivity index (χ0n) is 10.3. The fourth-order valence-corrected chi connectivity index (χ4v) is 2.44. The van der Waals surface area contributed by atoms with Gasteiger partial charge >= 0.3 is 5.51 Å². The van der Waals surface area contributed by atoms with E-state index >= 15 is 0 Å². The summed E-state index contributed by atoms with van der Waals surface area (Å²) in [7, 11) is -5.49. The zero-order chi connectivity index (χ0) is 16.3. The molecule has 0 aliphatic carbocycles. The normalized spacial score (nSPS) is 12.9. The van der Waals surface area contributed by atoms with Gasteiger partial charge in [0.1, 0.15) is 0 Å². The fraction of sp³-hybridized carbons (Fsp3) is 0.200. The summed E-state index contributed by atoms with van der Waals surface area (Å²) in [5.74, 6) is 0. The number of hydrogen-bond donors (Lipinski definition) is 1. The fourth-order valence-electron chi connectivity index (χ4n) is 1.16. The monoisotopic (exact) mass is 357 g/mol. The molecule has 0 atom stereocenters. The maximum Gasteiger partial charge on any atom is 0.501 e. The minimum absolute atomic E-state index is 0.0533. The maximum absolute atomic E-state index is 12.5. The number of thioether (sulfide) groups is 1. The molecule has 0 heterocycles. The summed E-state index contributed by atoms with van der Waals surface area (Å²) in [5, 5.41) is 10.7. The Kier molecular flexibility index (Phi) is 5.49. The van der Waals surface area contributed by atoms with Gasteiger partial charge in [0.05, 0.1) is 15.6 Å². The second-order valence-corrected chi connectivity index (χ2v) is 6.56. The highest BCUT2D eigenvalue weighted by Gasteiger charge is 2.47. The minimum atomic E-state index is -5.49. The number of benzene rings is 1. The molecule has 21 heavy (non-hydrogen) atoms. The van der Waals surface area contributed by atoms with Crippen molar-refractivity contribution in [3.05, 3.63) is 23.2 Å². The van der Waals surface area contributed by atoms with Gasteiger partial charge in [-0.05, 0) is 24.5 Å². The molecule has 0 fully saturated rings. The SMILES string of the molecule is CSC(=Nc1cc(S(=O)(=O)C(F)(F)F)ccc1Cl)NC#N. The van der Waals surface area contributed by atoms with Crippen molar-refractivity contribution in [2.45, 2.75) is 10.4 Å². The molecule has 0 radical (unpaired) electrons. The number of rotatable bonds is 2. The third-order valence-electron chi connectivity index (χ3n) is 2.11. The quantitative estimate of drug-likeness (QED) is 0.381. The second kappa shape index (κ2) is 6.55. The van der Waals surface area contributed by atoms with Crippen LogP contribution >= 0.6 is 23.4 Å². The Labute approximate surface area is 127 Å². The van der Waals surface area contributed by atoms with Gasteiger partial charge in [-0.3, -0.25) is 5.32 Å². The van der Waals surface area contributed by atoms with Crippen molar-refractivity contribution in [1.29, 1.82) is 5.26 Å². The van der Waals surface area contributed by atoms with Crippen molar-refractivity contribution in [1.82, 2.24) is 5.32 Å². The molecule has 0 unspecified atom stereocenters. The van der Waals surface area contributed by atoms with E-state index in [4.69, 9.17) is 16.9 Å². The second-order valence-electron chi connectivity index (χ2n) is 3.42. The van der Waals surface area contributed by atoms with Crippen molar-refractivity contribution in [2.75, 3.05) is 6.26 Å². The third kappa shape index (κ3) is 4.03. The van der Waals surface area contributed by atoms with E-state index in [2.05, 4.69) is 10.3 Å². The molecule has 114 valence electrons. The number of hydrogen-bond acceptors (Lipinski definition) is 5. The number of aliphatic imine (C=N–C) groups is 1. The van der Waals surface area contributed by atoms with Crippen LogP contribution in [0.5, 0.6) is 0 Å². The van der Waals surface area contributed by atoms with Crippen LogP contribution in [-0.2, 0) is 9.84 Å². The van der Waals surface area contributed by atoms with E-state index in [0.717, 1.165) is 23.9 Å². The first-order valence-electron chi connectivity index (χ1n) is 5.02. The molecule has 0 saturated heterocycles. The van der Waals surface area contributed by atoms with Crippen molar-refractivity contribution < 1.29 is 21.6 Å². The molecule has 0 aliphatic rings. The highest BCUT2D eigenvalue weighted by atomic mass is 35.5. The minimum Gasteiger partial charge on any atom is -0.271 e. The Morgan fingerprint density at radius 2 is 2.10 bits per heavy atom. The molecule has 1 aromatic carbocycles. The van der Waals surface area contributed by atoms with Crippen molar-refractivity contribution in [3.63, 3.8) is 0 Å². The molecule has 5 nitrogen and oxygen atoms in total. The number of amidine groups is 1. The van der Waals surface area contributed by atoms with Crippen LogP contribution in [0, 0.1) is 11.5 Å². The van der Waals surface area contributed by atoms with Gasteiger partial charge in [0.2, 0.25) is 0 Å². The lowest BCUT2D eigenvalue weighted by Gasteiger charge is -2.09. The largest absolute Gasteiger partial charge is 0.501 e. The van der Waals surface area contributed by atoms with Crippen LogP contribution in [0.4, 0.5) is 18.9 Å². The molecule has 1 N–H and O–H groups in total. The average molecular weight is 358 g/mol. The molecule has 0 aromatic heterocycles. The van der Waals surface area contributed by atoms with Gasteiger partial charge in [-0.2, -0.15) is 18.4 Å². The first kappa shape index (κ1) is 17.6. The predicted molar refractivity (Wildman–Crippen MR) is 74.1 cm³/mol. The molecule has 0 saturated carbocycles. The Balaban J connectivity index is 3.40. The Morgan fingerprint density at radius 1 is 1.48 bits per heavy atom. The number of nitrogens with one attached hydrogen (secondary N) is 1. The highest BCUT2D eigenvalue weighted by Crippen LogP contribution is 2.34. The zero-order valence-corrected chi connectivity index (χ0v) is 12.7. The molecule has 1 rings (SSSR count). The van der Waals surface area contributed by atoms with Crippen molar-refractivity contribution in [2.24, 2.45) is 4.99 Å². The summed E-state index contributed by atoms with van der Waals surface area (Å²) >= 11 is 6.76. The molecular weight excluding hydrogens is 351 g/mol. The van der Waals surface area contributed by atoms with E-state index in [1.54, 1.807) is 12.4 Å². The van der Waals surface area contributed by atoms with Crippen molar-refractivity contribution in [3.8, 4) is 6.19 Å². The van der Waals surface area contributed by atoms with Gasteiger partial charge < -0.3 is 0 Å². The van der Waals surface area contributed by atoms with Crippen molar-refractivity contribution >= 4 is 44.1 Å². The number of halogens is 4. The van der Waals surface area contributed by atoms with Gasteiger partial charge in [-0.1, -0.05) is 23.4 Å². The van der Waals surface area contributed by atoms with Crippen LogP contribution in [0.15, 0.2) is 28.1 Å². The molecule has 0 aliphatic heterocycles.